The molecule has 1 aliphatic carbocycles. The molecule has 4 heterocycles. The lowest BCUT2D eigenvalue weighted by Gasteiger charge is -2.18. The van der Waals surface area contributed by atoms with Crippen molar-refractivity contribution in [2.45, 2.75) is 56.8 Å². The maximum absolute atomic E-state index is 14.3. The molecule has 5 aromatic rings. The highest BCUT2D eigenvalue weighted by Gasteiger charge is 2.41. The number of benzene rings is 2. The predicted molar refractivity (Wildman–Crippen MR) is 237 cm³/mol. The number of carbonyl (C=O) groups excluding carboxylic acids is 3. The first kappa shape index (κ1) is 53.4. The average molecular weight is 1040 g/mol. The fraction of sp³-hybridized carbons (Fsp3) is 0.262. The molecule has 1 aliphatic heterocycles. The first-order valence-electron chi connectivity index (χ1n) is 19.8. The highest BCUT2D eigenvalue weighted by atomic mass is 35.5. The van der Waals surface area contributed by atoms with Crippen LogP contribution in [-0.4, -0.2) is 95.5 Å². The number of carbonyl (C=O) groups is 5. The Morgan fingerprint density at radius 1 is 0.914 bits per heavy atom. The number of urea groups is 1. The van der Waals surface area contributed by atoms with Crippen LogP contribution in [0, 0.1) is 5.82 Å². The van der Waals surface area contributed by atoms with Crippen LogP contribution in [0.1, 0.15) is 55.6 Å². The lowest BCUT2D eigenvalue weighted by Crippen LogP contribution is -2.36. The van der Waals surface area contributed by atoms with E-state index in [1.807, 2.05) is 5.32 Å². The molecule has 2 aromatic carbocycles. The number of sulfonamides is 1. The van der Waals surface area contributed by atoms with Gasteiger partial charge < -0.3 is 33.9 Å². The summed E-state index contributed by atoms with van der Waals surface area (Å²) in [6.07, 6.45) is -0.458. The summed E-state index contributed by atoms with van der Waals surface area (Å²) in [5.41, 5.74) is -1.88. The predicted octanol–water partition coefficient (Wildman–Crippen LogP) is 8.05. The molecule has 70 heavy (non-hydrogen) atoms. The molecule has 2 aliphatic rings. The van der Waals surface area contributed by atoms with Crippen LogP contribution in [0.2, 0.25) is 10.0 Å². The minimum atomic E-state index is -5.14. The Kier molecular flexibility index (Phi) is 17.3. The van der Waals surface area contributed by atoms with Crippen LogP contribution >= 0.6 is 23.2 Å². The maximum Gasteiger partial charge on any atom is 0.433 e. The summed E-state index contributed by atoms with van der Waals surface area (Å²) >= 11 is 12.0. The number of anilines is 2. The third kappa shape index (κ3) is 13.3. The van der Waals surface area contributed by atoms with Crippen LogP contribution < -0.4 is 33.9 Å². The van der Waals surface area contributed by atoms with Crippen LogP contribution in [0.15, 0.2) is 77.2 Å². The Morgan fingerprint density at radius 2 is 1.57 bits per heavy atom. The fourth-order valence-electron chi connectivity index (χ4n) is 6.15. The number of hydrogen-bond acceptors (Lipinski definition) is 16. The number of aromatic carboxylic acids is 1. The van der Waals surface area contributed by atoms with E-state index in [1.54, 1.807) is 44.3 Å². The van der Waals surface area contributed by atoms with Gasteiger partial charge in [0.05, 0.1) is 47.7 Å². The zero-order chi connectivity index (χ0) is 51.7. The van der Waals surface area contributed by atoms with Crippen LogP contribution in [0.3, 0.4) is 0 Å². The molecular weight excluding hydrogens is 1010 g/mol. The van der Waals surface area contributed by atoms with Gasteiger partial charge in [-0.05, 0) is 87.6 Å². The van der Waals surface area contributed by atoms with Gasteiger partial charge in [-0.3, -0.25) is 15.1 Å². The Bertz CT molecular complexity index is 2970. The Hall–Kier alpha value is -7.58. The highest BCUT2D eigenvalue weighted by molar-refractivity contribution is 7.90. The summed E-state index contributed by atoms with van der Waals surface area (Å²) in [7, 11) is -2.66. The van der Waals surface area contributed by atoms with Crippen molar-refractivity contribution in [2.24, 2.45) is 0 Å². The number of methoxy groups -OCH3 is 2. The normalized spacial score (nSPS) is 13.6. The highest BCUT2D eigenvalue weighted by Crippen LogP contribution is 2.38. The quantitative estimate of drug-likeness (QED) is 0.0679. The summed E-state index contributed by atoms with van der Waals surface area (Å²) in [4.78, 5) is 72.9. The molecule has 28 heteroatoms. The average Bonchev–Trinajstić information content (AvgIpc) is 3.93. The number of carboxylic acid groups (broad SMARTS) is 2. The molecule has 0 unspecified atom stereocenters. The number of ether oxygens (including phenoxy) is 5. The molecule has 1 saturated carbocycles. The molecule has 2 fully saturated rings. The SMILES string of the molecule is CC(C)=C1OC(=O)N(c2cc(OC3CCCC3)c(Cl)cc2F)C1=O.COc1cc(OC)nc(NC(=O)NS(=O)(=O)c2nc(C(F)(F)F)ccc2C(=O)O)n1.O=C(O)COc1ccc(Cl)c2cccnc12. The van der Waals surface area contributed by atoms with Crippen molar-refractivity contribution in [2.75, 3.05) is 31.0 Å². The zero-order valence-corrected chi connectivity index (χ0v) is 38.9. The third-order valence-electron chi connectivity index (χ3n) is 9.28. The van der Waals surface area contributed by atoms with Gasteiger partial charge in [0, 0.05) is 17.6 Å². The topological polar surface area (TPSA) is 285 Å². The van der Waals surface area contributed by atoms with Crippen molar-refractivity contribution in [1.29, 1.82) is 0 Å². The molecule has 1 saturated heterocycles. The second-order valence-corrected chi connectivity index (χ2v) is 16.8. The van der Waals surface area contributed by atoms with Gasteiger partial charge in [0.1, 0.15) is 28.5 Å². The molecule has 4 amide bonds. The van der Waals surface area contributed by atoms with Crippen molar-refractivity contribution in [3.63, 3.8) is 0 Å². The van der Waals surface area contributed by atoms with E-state index >= 15 is 0 Å². The molecule has 4 N–H and O–H groups in total. The van der Waals surface area contributed by atoms with Crippen molar-refractivity contribution >= 4 is 85.7 Å². The van der Waals surface area contributed by atoms with Gasteiger partial charge >= 0.3 is 36.1 Å². The second-order valence-electron chi connectivity index (χ2n) is 14.4. The van der Waals surface area contributed by atoms with Crippen LogP contribution in [-0.2, 0) is 30.5 Å². The van der Waals surface area contributed by atoms with Crippen molar-refractivity contribution in [3.8, 4) is 23.3 Å². The van der Waals surface area contributed by atoms with Gasteiger partial charge in [-0.2, -0.15) is 31.6 Å². The number of aromatic nitrogens is 4. The van der Waals surface area contributed by atoms with E-state index in [2.05, 4.69) is 19.9 Å². The number of allylic oxidation sites excluding steroid dienone is 1. The standard InChI is InChI=1S/C17H17ClFNO4.C14H12F3N5O7S.C11H8ClNO3/c1-9(2)15-16(21)20(17(22)24-15)13-8-14(11(18)7-12(13)19)23-10-5-3-4-6-10;1-28-8-5-9(29-2)20-12(19-8)21-13(25)22-30(26,27)10-6(11(23)24)3-4-7(18-10)14(15,16)17;12-8-3-4-9(16-6-10(14)15)11-7(8)2-1-5-13-11/h7-8,10H,3-6H2,1-2H3;3-5H,1-2H3,(H,23,24)(H2,19,20,21,22,25);1-5H,6H2,(H,14,15). The van der Waals surface area contributed by atoms with E-state index in [0.29, 0.717) is 38.9 Å². The summed E-state index contributed by atoms with van der Waals surface area (Å²) in [5, 5.41) is 19.4. The summed E-state index contributed by atoms with van der Waals surface area (Å²) in [5.74, 6) is -4.42. The number of rotatable bonds is 12. The van der Waals surface area contributed by atoms with Crippen LogP contribution in [0.5, 0.6) is 23.3 Å². The van der Waals surface area contributed by atoms with Gasteiger partial charge in [-0.15, -0.1) is 0 Å². The number of amides is 4. The Labute approximate surface area is 403 Å². The summed E-state index contributed by atoms with van der Waals surface area (Å²) in [6, 6.07) is 9.58. The molecule has 0 atom stereocenters. The molecule has 0 bridgehead atoms. The second kappa shape index (κ2) is 22.7. The first-order valence-corrected chi connectivity index (χ1v) is 22.1. The largest absolute Gasteiger partial charge is 0.489 e. The molecule has 0 spiro atoms. The van der Waals surface area contributed by atoms with Crippen molar-refractivity contribution in [1.82, 2.24) is 24.7 Å². The number of fused-ring (bicyclic) bond motifs is 1. The van der Waals surface area contributed by atoms with Gasteiger partial charge in [0.15, 0.2) is 17.4 Å². The number of carboxylic acids is 2. The van der Waals surface area contributed by atoms with E-state index in [0.717, 1.165) is 37.1 Å². The zero-order valence-electron chi connectivity index (χ0n) is 36.6. The maximum atomic E-state index is 14.3. The number of nitrogens with zero attached hydrogens (tertiary/aromatic N) is 5. The monoisotopic (exact) mass is 1040 g/mol. The number of cyclic esters (lactones) is 1. The lowest BCUT2D eigenvalue weighted by molar-refractivity contribution is -0.141. The first-order chi connectivity index (χ1) is 32.9. The molecule has 372 valence electrons. The fourth-order valence-corrected chi connectivity index (χ4v) is 7.62. The molecule has 3 aromatic heterocycles. The number of aliphatic carboxylic acids is 1. The van der Waals surface area contributed by atoms with Gasteiger partial charge in [0.25, 0.3) is 10.0 Å². The van der Waals surface area contributed by atoms with E-state index in [4.69, 9.17) is 57.1 Å². The number of halogens is 6. The molecule has 21 nitrogen and oxygen atoms in total. The third-order valence-corrected chi connectivity index (χ3v) is 11.2. The summed E-state index contributed by atoms with van der Waals surface area (Å²) in [6.45, 7) is 2.88. The van der Waals surface area contributed by atoms with E-state index in [9.17, 15) is 50.0 Å². The van der Waals surface area contributed by atoms with Gasteiger partial charge in [-0.25, -0.2) is 38.2 Å². The minimum Gasteiger partial charge on any atom is -0.489 e. The van der Waals surface area contributed by atoms with Gasteiger partial charge in [0.2, 0.25) is 17.7 Å². The summed E-state index contributed by atoms with van der Waals surface area (Å²) < 4.78 is 104. The number of nitrogens with one attached hydrogen (secondary N) is 2. The Balaban J connectivity index is 0.000000204. The van der Waals surface area contributed by atoms with E-state index in [1.165, 1.54) is 31.1 Å². The molecule has 7 rings (SSSR count). The van der Waals surface area contributed by atoms with Crippen molar-refractivity contribution in [3.05, 3.63) is 99.2 Å². The number of hydrogen-bond donors (Lipinski definition) is 4. The van der Waals surface area contributed by atoms with Crippen molar-refractivity contribution < 1.29 is 83.8 Å². The van der Waals surface area contributed by atoms with E-state index < -0.39 is 80.8 Å². The number of pyridine rings is 2. The lowest BCUT2D eigenvalue weighted by atomic mass is 10.2. The minimum absolute atomic E-state index is 0.00962. The van der Waals surface area contributed by atoms with Crippen LogP contribution in [0.4, 0.5) is 38.8 Å². The smallest absolute Gasteiger partial charge is 0.433 e. The number of alkyl halides is 3. The molecular formula is C42H37Cl2F4N7O14S. The van der Waals surface area contributed by atoms with Gasteiger partial charge in [-0.1, -0.05) is 23.2 Å². The Morgan fingerprint density at radius 3 is 2.14 bits per heavy atom. The molecule has 0 radical (unpaired) electrons. The van der Waals surface area contributed by atoms with E-state index in [-0.39, 0.29) is 40.1 Å². The van der Waals surface area contributed by atoms with Crippen LogP contribution in [0.25, 0.3) is 10.9 Å². The number of imide groups is 1.